The second kappa shape index (κ2) is 7.61. The highest BCUT2D eigenvalue weighted by atomic mass is 32.2. The van der Waals surface area contributed by atoms with E-state index in [0.717, 1.165) is 11.6 Å². The zero-order valence-electron chi connectivity index (χ0n) is 14.3. The molecule has 0 heterocycles. The predicted molar refractivity (Wildman–Crippen MR) is 104 cm³/mol. The number of carboxylic acids is 1. The Hall–Kier alpha value is -3.16. The number of aromatic carboxylic acids is 1. The molecule has 7 heteroatoms. The van der Waals surface area contributed by atoms with E-state index < -0.39 is 16.0 Å². The molecule has 0 aliphatic carbocycles. The summed E-state index contributed by atoms with van der Waals surface area (Å²) in [5, 5.41) is 18.0. The van der Waals surface area contributed by atoms with Gasteiger partial charge in [-0.25, -0.2) is 18.4 Å². The van der Waals surface area contributed by atoms with Crippen molar-refractivity contribution >= 4 is 21.7 Å². The molecule has 27 heavy (non-hydrogen) atoms. The monoisotopic (exact) mass is 382 g/mol. The van der Waals surface area contributed by atoms with Gasteiger partial charge < -0.3 is 10.4 Å². The Kier molecular flexibility index (Phi) is 5.25. The minimum absolute atomic E-state index is 0.158. The van der Waals surface area contributed by atoms with Gasteiger partial charge in [0.05, 0.1) is 10.5 Å². The number of benzene rings is 3. The van der Waals surface area contributed by atoms with Crippen molar-refractivity contribution in [2.24, 2.45) is 5.14 Å². The lowest BCUT2D eigenvalue weighted by molar-refractivity contribution is 0.0697. The summed E-state index contributed by atoms with van der Waals surface area (Å²) >= 11 is 0. The van der Waals surface area contributed by atoms with Crippen LogP contribution in [0, 0.1) is 0 Å². The van der Waals surface area contributed by atoms with E-state index in [0.29, 0.717) is 23.4 Å². The van der Waals surface area contributed by atoms with Gasteiger partial charge in [0.1, 0.15) is 0 Å². The lowest BCUT2D eigenvalue weighted by atomic mass is 10.0. The molecule has 0 unspecified atom stereocenters. The Bertz CT molecular complexity index is 1070. The molecule has 6 nitrogen and oxygen atoms in total. The molecule has 0 amide bonds. The Balaban J connectivity index is 2.13. The molecule has 0 fully saturated rings. The predicted octanol–water partition coefficient (Wildman–Crippen LogP) is 3.31. The Morgan fingerprint density at radius 3 is 2.11 bits per heavy atom. The van der Waals surface area contributed by atoms with Crippen LogP contribution < -0.4 is 10.5 Å². The van der Waals surface area contributed by atoms with Crippen LogP contribution in [0.2, 0.25) is 0 Å². The van der Waals surface area contributed by atoms with E-state index >= 15 is 0 Å². The molecule has 0 aliphatic rings. The van der Waals surface area contributed by atoms with Gasteiger partial charge in [-0.05, 0) is 23.3 Å². The lowest BCUT2D eigenvalue weighted by Gasteiger charge is -2.15. The van der Waals surface area contributed by atoms with Crippen LogP contribution in [-0.2, 0) is 16.6 Å². The van der Waals surface area contributed by atoms with Gasteiger partial charge in [0.15, 0.2) is 0 Å². The first-order valence-corrected chi connectivity index (χ1v) is 9.68. The van der Waals surface area contributed by atoms with E-state index in [9.17, 15) is 18.3 Å². The van der Waals surface area contributed by atoms with Crippen molar-refractivity contribution < 1.29 is 18.3 Å². The maximum Gasteiger partial charge on any atom is 0.337 e. The number of rotatable bonds is 6. The molecule has 0 radical (unpaired) electrons. The van der Waals surface area contributed by atoms with Crippen LogP contribution in [0.4, 0.5) is 5.69 Å². The maximum atomic E-state index is 12.1. The summed E-state index contributed by atoms with van der Waals surface area (Å²) in [5.41, 5.74) is 2.10. The van der Waals surface area contributed by atoms with Crippen molar-refractivity contribution in [1.82, 2.24) is 0 Å². The molecule has 3 aromatic rings. The van der Waals surface area contributed by atoms with Gasteiger partial charge in [0.2, 0.25) is 10.0 Å². The second-order valence-corrected chi connectivity index (χ2v) is 7.48. The average Bonchev–Trinajstić information content (AvgIpc) is 2.66. The van der Waals surface area contributed by atoms with Crippen molar-refractivity contribution in [3.63, 3.8) is 0 Å². The van der Waals surface area contributed by atoms with E-state index in [4.69, 9.17) is 5.14 Å². The third kappa shape index (κ3) is 4.33. The van der Waals surface area contributed by atoms with Gasteiger partial charge in [-0.3, -0.25) is 0 Å². The summed E-state index contributed by atoms with van der Waals surface area (Å²) in [6.45, 7) is 0.393. The summed E-state index contributed by atoms with van der Waals surface area (Å²) in [7, 11) is -4.11. The molecule has 0 spiro atoms. The highest BCUT2D eigenvalue weighted by Crippen LogP contribution is 2.32. The molecule has 0 atom stereocenters. The summed E-state index contributed by atoms with van der Waals surface area (Å²) in [6, 6.07) is 20.9. The highest BCUT2D eigenvalue weighted by Gasteiger charge is 2.21. The molecule has 3 rings (SSSR count). The van der Waals surface area contributed by atoms with E-state index in [1.54, 1.807) is 30.3 Å². The third-order valence-corrected chi connectivity index (χ3v) is 5.02. The quantitative estimate of drug-likeness (QED) is 0.606. The third-order valence-electron chi connectivity index (χ3n) is 4.07. The minimum atomic E-state index is -4.11. The summed E-state index contributed by atoms with van der Waals surface area (Å²) in [4.78, 5) is 11.5. The van der Waals surface area contributed by atoms with Crippen molar-refractivity contribution in [1.29, 1.82) is 0 Å². The van der Waals surface area contributed by atoms with Crippen LogP contribution in [0.25, 0.3) is 11.1 Å². The van der Waals surface area contributed by atoms with Crippen LogP contribution in [0.15, 0.2) is 77.7 Å². The van der Waals surface area contributed by atoms with Crippen molar-refractivity contribution in [3.05, 3.63) is 83.9 Å². The van der Waals surface area contributed by atoms with Crippen molar-refractivity contribution in [2.75, 3.05) is 5.32 Å². The minimum Gasteiger partial charge on any atom is -0.478 e. The molecular weight excluding hydrogens is 364 g/mol. The van der Waals surface area contributed by atoms with Gasteiger partial charge in [-0.2, -0.15) is 0 Å². The number of nitrogens with two attached hydrogens (primary N) is 1. The number of sulfonamides is 1. The van der Waals surface area contributed by atoms with Crippen LogP contribution in [0.5, 0.6) is 0 Å². The largest absolute Gasteiger partial charge is 0.478 e. The normalized spacial score (nSPS) is 11.1. The number of hydrogen-bond donors (Lipinski definition) is 3. The van der Waals surface area contributed by atoms with Gasteiger partial charge >= 0.3 is 5.97 Å². The molecular formula is C20H18N2O4S. The zero-order valence-corrected chi connectivity index (χ0v) is 15.1. The second-order valence-electron chi connectivity index (χ2n) is 5.95. The summed E-state index contributed by atoms with van der Waals surface area (Å²) in [6.07, 6.45) is 0. The molecule has 0 bridgehead atoms. The fraction of sp³-hybridized carbons (Fsp3) is 0.0500. The van der Waals surface area contributed by atoms with Gasteiger partial charge in [0.25, 0.3) is 0 Å². The Morgan fingerprint density at radius 1 is 0.963 bits per heavy atom. The van der Waals surface area contributed by atoms with E-state index in [1.807, 2.05) is 30.3 Å². The number of carbonyl (C=O) groups is 1. The van der Waals surface area contributed by atoms with Gasteiger partial charge in [-0.15, -0.1) is 0 Å². The van der Waals surface area contributed by atoms with Crippen LogP contribution >= 0.6 is 0 Å². The molecule has 138 valence electrons. The van der Waals surface area contributed by atoms with E-state index in [1.165, 1.54) is 6.07 Å². The fourth-order valence-electron chi connectivity index (χ4n) is 2.77. The first-order valence-electron chi connectivity index (χ1n) is 8.13. The lowest BCUT2D eigenvalue weighted by Crippen LogP contribution is -2.16. The van der Waals surface area contributed by atoms with Crippen LogP contribution in [0.3, 0.4) is 0 Å². The zero-order chi connectivity index (χ0) is 19.4. The van der Waals surface area contributed by atoms with E-state index in [2.05, 4.69) is 5.32 Å². The molecule has 0 aliphatic heterocycles. The fourth-order valence-corrected chi connectivity index (χ4v) is 3.54. The standard InChI is InChI=1S/C20H18N2O4S/c21-27(25,26)19-12-17(20(23)24)18(22-13-14-7-3-1-4-8-14)11-16(19)15-9-5-2-6-10-15/h1-12,22H,13H2,(H,23,24)(H2,21,25,26). The maximum absolute atomic E-state index is 12.1. The average molecular weight is 382 g/mol. The van der Waals surface area contributed by atoms with Crippen molar-refractivity contribution in [2.45, 2.75) is 11.4 Å². The Labute approximate surface area is 157 Å². The van der Waals surface area contributed by atoms with E-state index in [-0.39, 0.29) is 10.5 Å². The Morgan fingerprint density at radius 2 is 1.56 bits per heavy atom. The highest BCUT2D eigenvalue weighted by molar-refractivity contribution is 7.89. The molecule has 0 aromatic heterocycles. The molecule has 0 saturated heterocycles. The number of primary sulfonamides is 1. The molecule has 3 aromatic carbocycles. The van der Waals surface area contributed by atoms with Gasteiger partial charge in [-0.1, -0.05) is 60.7 Å². The number of carboxylic acid groups (broad SMARTS) is 1. The smallest absolute Gasteiger partial charge is 0.337 e. The van der Waals surface area contributed by atoms with Crippen LogP contribution in [-0.4, -0.2) is 19.5 Å². The summed E-state index contributed by atoms with van der Waals surface area (Å²) in [5.74, 6) is -1.24. The van der Waals surface area contributed by atoms with Crippen molar-refractivity contribution in [3.8, 4) is 11.1 Å². The first kappa shape index (κ1) is 18.6. The van der Waals surface area contributed by atoms with Gasteiger partial charge in [0, 0.05) is 17.8 Å². The molecule has 0 saturated carbocycles. The summed E-state index contributed by atoms with van der Waals surface area (Å²) < 4.78 is 24.1. The number of hydrogen-bond acceptors (Lipinski definition) is 4. The van der Waals surface area contributed by atoms with Crippen LogP contribution in [0.1, 0.15) is 15.9 Å². The SMILES string of the molecule is NS(=O)(=O)c1cc(C(=O)O)c(NCc2ccccc2)cc1-c1ccccc1. The topological polar surface area (TPSA) is 109 Å². The first-order chi connectivity index (χ1) is 12.9. The molecule has 4 N–H and O–H groups in total. The number of nitrogens with one attached hydrogen (secondary N) is 1. The number of anilines is 1.